The molecule has 4 heterocycles. The van der Waals surface area contributed by atoms with E-state index in [1.807, 2.05) is 11.3 Å². The van der Waals surface area contributed by atoms with Crippen molar-refractivity contribution in [2.24, 2.45) is 7.05 Å². The van der Waals surface area contributed by atoms with Gasteiger partial charge in [-0.05, 0) is 155 Å². The number of anilines is 9. The molecule has 0 saturated heterocycles. The highest BCUT2D eigenvalue weighted by molar-refractivity contribution is 7.33. The second kappa shape index (κ2) is 16.2. The zero-order valence-corrected chi connectivity index (χ0v) is 45.1. The average molecular weight is 957 g/mol. The topological polar surface area (TPSA) is 14.7 Å². The van der Waals surface area contributed by atoms with Crippen LogP contribution in [0.25, 0.3) is 31.9 Å². The molecule has 72 heavy (non-hydrogen) atoms. The lowest BCUT2D eigenvalue weighted by Gasteiger charge is -2.44. The summed E-state index contributed by atoms with van der Waals surface area (Å²) in [5.41, 5.74) is 23.5. The van der Waals surface area contributed by atoms with Crippen molar-refractivity contribution in [3.8, 4) is 0 Å². The van der Waals surface area contributed by atoms with E-state index in [0.717, 1.165) is 17.1 Å². The molecule has 2 aromatic heterocycles. The van der Waals surface area contributed by atoms with Crippen LogP contribution in [0.1, 0.15) is 95.7 Å². The van der Waals surface area contributed by atoms with Crippen molar-refractivity contribution in [2.45, 2.75) is 99.3 Å². The van der Waals surface area contributed by atoms with Gasteiger partial charge in [-0.2, -0.15) is 0 Å². The minimum absolute atomic E-state index is 0.00677. The molecular weight excluding hydrogens is 892 g/mol. The summed E-state index contributed by atoms with van der Waals surface area (Å²) in [6, 6.07) is 60.9. The molecule has 0 amide bonds. The molecule has 2 aliphatic heterocycles. The highest BCUT2D eigenvalue weighted by Gasteiger charge is 2.47. The summed E-state index contributed by atoms with van der Waals surface area (Å²) in [5.74, 6) is 0. The molecule has 12 rings (SSSR count). The Morgan fingerprint density at radius 3 is 1.51 bits per heavy atom. The summed E-state index contributed by atoms with van der Waals surface area (Å²) in [6.07, 6.45) is 0. The van der Waals surface area contributed by atoms with Crippen molar-refractivity contribution >= 4 is 117 Å². The van der Waals surface area contributed by atoms with Crippen LogP contribution in [0.2, 0.25) is 0 Å². The van der Waals surface area contributed by atoms with E-state index in [-0.39, 0.29) is 23.0 Å². The van der Waals surface area contributed by atoms with Crippen LogP contribution >= 0.6 is 11.3 Å². The van der Waals surface area contributed by atoms with E-state index in [2.05, 4.69) is 267 Å². The molecule has 4 nitrogen and oxygen atoms in total. The molecule has 10 aromatic rings. The summed E-state index contributed by atoms with van der Waals surface area (Å²) in [5, 5.41) is 3.79. The van der Waals surface area contributed by atoms with E-state index >= 15 is 0 Å². The van der Waals surface area contributed by atoms with Gasteiger partial charge >= 0.3 is 0 Å². The molecule has 358 valence electrons. The summed E-state index contributed by atoms with van der Waals surface area (Å²) in [4.78, 5) is 7.78. The van der Waals surface area contributed by atoms with E-state index < -0.39 is 0 Å². The fourth-order valence-electron chi connectivity index (χ4n) is 11.6. The number of benzene rings is 8. The number of hydrogen-bond donors (Lipinski definition) is 0. The molecule has 0 fully saturated rings. The van der Waals surface area contributed by atoms with Crippen LogP contribution in [-0.2, 0) is 23.3 Å². The molecule has 0 unspecified atom stereocenters. The van der Waals surface area contributed by atoms with Gasteiger partial charge in [-0.25, -0.2) is 0 Å². The Hall–Kier alpha value is -7.02. The first-order valence-corrected chi connectivity index (χ1v) is 26.6. The molecular formula is C66H65BN4S. The highest BCUT2D eigenvalue weighted by atomic mass is 32.1. The third kappa shape index (κ3) is 7.23. The third-order valence-electron chi connectivity index (χ3n) is 15.6. The SMILES string of the molecule is Cc1ccc(N(c2ccc(C)cc2)c2cc3c(c4c2c2ccccc2n4C)N(c2ccc(C(C)(C)C)cc2)c2cc(C)cc4c2B3c2sc3ccc(C(C)(C)C)cc3c2N4c2ccc(C(C)(C)C)cc2)cc1. The van der Waals surface area contributed by atoms with E-state index in [4.69, 9.17) is 0 Å². The number of para-hydroxylation sites is 1. The molecule has 0 N–H and O–H groups in total. The maximum Gasteiger partial charge on any atom is 0.264 e. The van der Waals surface area contributed by atoms with E-state index in [1.54, 1.807) is 0 Å². The van der Waals surface area contributed by atoms with Crippen LogP contribution in [0, 0.1) is 20.8 Å². The molecule has 2 aliphatic rings. The maximum absolute atomic E-state index is 2.63. The predicted octanol–water partition coefficient (Wildman–Crippen LogP) is 16.9. The number of thiophene rings is 1. The van der Waals surface area contributed by atoms with Gasteiger partial charge in [0.15, 0.2) is 0 Å². The Morgan fingerprint density at radius 2 is 0.986 bits per heavy atom. The minimum atomic E-state index is -0.0784. The second-order valence-electron chi connectivity index (χ2n) is 23.8. The van der Waals surface area contributed by atoms with Crippen molar-refractivity contribution in [3.63, 3.8) is 0 Å². The maximum atomic E-state index is 2.63. The molecule has 0 atom stereocenters. The van der Waals surface area contributed by atoms with E-state index in [1.165, 1.54) is 115 Å². The normalized spacial score (nSPS) is 13.5. The number of hydrogen-bond acceptors (Lipinski definition) is 4. The first-order chi connectivity index (χ1) is 34.3. The number of nitrogens with zero attached hydrogens (tertiary/aromatic N) is 4. The molecule has 6 heteroatoms. The van der Waals surface area contributed by atoms with Gasteiger partial charge in [0, 0.05) is 72.3 Å². The van der Waals surface area contributed by atoms with Crippen LogP contribution in [-0.4, -0.2) is 11.3 Å². The first kappa shape index (κ1) is 46.1. The molecule has 0 aliphatic carbocycles. The van der Waals surface area contributed by atoms with Gasteiger partial charge < -0.3 is 19.3 Å². The van der Waals surface area contributed by atoms with Gasteiger partial charge in [-0.15, -0.1) is 11.3 Å². The van der Waals surface area contributed by atoms with Gasteiger partial charge in [-0.3, -0.25) is 0 Å². The second-order valence-corrected chi connectivity index (χ2v) is 24.9. The van der Waals surface area contributed by atoms with Crippen molar-refractivity contribution in [3.05, 3.63) is 191 Å². The number of fused-ring (bicyclic) bond motifs is 10. The van der Waals surface area contributed by atoms with Crippen molar-refractivity contribution in [2.75, 3.05) is 14.7 Å². The van der Waals surface area contributed by atoms with E-state index in [0.29, 0.717) is 0 Å². The smallest absolute Gasteiger partial charge is 0.264 e. The van der Waals surface area contributed by atoms with Crippen molar-refractivity contribution in [1.29, 1.82) is 0 Å². The zero-order chi connectivity index (χ0) is 50.3. The Kier molecular flexibility index (Phi) is 10.4. The fraction of sp³-hybridized carbons (Fsp3) is 0.242. The Bertz CT molecular complexity index is 3740. The van der Waals surface area contributed by atoms with Crippen LogP contribution in [0.4, 0.5) is 51.2 Å². The first-order valence-electron chi connectivity index (χ1n) is 25.8. The van der Waals surface area contributed by atoms with Crippen LogP contribution in [0.5, 0.6) is 0 Å². The molecule has 0 bridgehead atoms. The molecule has 8 aromatic carbocycles. The van der Waals surface area contributed by atoms with Crippen LogP contribution in [0.3, 0.4) is 0 Å². The van der Waals surface area contributed by atoms with Gasteiger partial charge in [0.2, 0.25) is 0 Å². The van der Waals surface area contributed by atoms with E-state index in [9.17, 15) is 0 Å². The van der Waals surface area contributed by atoms with Crippen molar-refractivity contribution < 1.29 is 0 Å². The van der Waals surface area contributed by atoms with Crippen LogP contribution < -0.4 is 30.4 Å². The summed E-state index contributed by atoms with van der Waals surface area (Å²) in [6.45, 7) is 27.4. The molecule has 0 radical (unpaired) electrons. The lowest BCUT2D eigenvalue weighted by Crippen LogP contribution is -2.60. The Balaban J connectivity index is 1.26. The fourth-order valence-corrected chi connectivity index (χ4v) is 12.9. The third-order valence-corrected chi connectivity index (χ3v) is 16.8. The Labute approximate surface area is 431 Å². The summed E-state index contributed by atoms with van der Waals surface area (Å²) >= 11 is 1.98. The van der Waals surface area contributed by atoms with Crippen molar-refractivity contribution in [1.82, 2.24) is 4.57 Å². The highest BCUT2D eigenvalue weighted by Crippen LogP contribution is 2.53. The number of aromatic nitrogens is 1. The molecule has 0 saturated carbocycles. The predicted molar refractivity (Wildman–Crippen MR) is 315 cm³/mol. The lowest BCUT2D eigenvalue weighted by atomic mass is 9.36. The van der Waals surface area contributed by atoms with Gasteiger partial charge in [-0.1, -0.05) is 146 Å². The lowest BCUT2D eigenvalue weighted by molar-refractivity contribution is 0.590. The number of rotatable bonds is 5. The van der Waals surface area contributed by atoms with Gasteiger partial charge in [0.05, 0.1) is 22.6 Å². The quantitative estimate of drug-likeness (QED) is 0.160. The molecule has 0 spiro atoms. The summed E-state index contributed by atoms with van der Waals surface area (Å²) in [7, 11) is 2.29. The zero-order valence-electron chi connectivity index (χ0n) is 44.3. The average Bonchev–Trinajstić information content (AvgIpc) is 3.87. The van der Waals surface area contributed by atoms with Gasteiger partial charge in [0.1, 0.15) is 0 Å². The van der Waals surface area contributed by atoms with Gasteiger partial charge in [0.25, 0.3) is 6.71 Å². The van der Waals surface area contributed by atoms with Crippen LogP contribution in [0.15, 0.2) is 158 Å². The monoisotopic (exact) mass is 957 g/mol. The largest absolute Gasteiger partial charge is 0.342 e. The summed E-state index contributed by atoms with van der Waals surface area (Å²) < 4.78 is 5.17. The Morgan fingerprint density at radius 1 is 0.486 bits per heavy atom. The number of aryl methyl sites for hydroxylation is 4. The minimum Gasteiger partial charge on any atom is -0.342 e. The standard InChI is InChI=1S/C66H65BN4S/c1-40-18-27-46(28-19-40)69(47-29-20-41(2)21-30-47)54-39-52-61(62-58(54)50-16-14-15-17-53(50)68(62)13)71(49-33-24-44(25-34-49)65(7,8)9)56-37-42(3)36-55-59(56)67(52)63-60(51-38-45(66(10,11)12)26-35-57(51)72-63)70(55)48-31-22-43(23-32-48)64(4,5)6/h14-39H,1-13H3.